The van der Waals surface area contributed by atoms with E-state index in [1.807, 2.05) is 0 Å². The molecular weight excluding hydrogens is 336 g/mol. The van der Waals surface area contributed by atoms with Crippen molar-refractivity contribution in [3.05, 3.63) is 68.4 Å². The zero-order chi connectivity index (χ0) is 18.7. The third kappa shape index (κ3) is 3.48. The van der Waals surface area contributed by atoms with E-state index in [2.05, 4.69) is 5.32 Å². The quantitative estimate of drug-likeness (QED) is 0.654. The largest absolute Gasteiger partial charge is 0.503 e. The smallest absolute Gasteiger partial charge is 0.223 e. The third-order valence-electron chi connectivity index (χ3n) is 4.31. The number of rotatable bonds is 6. The van der Waals surface area contributed by atoms with Crippen LogP contribution in [-0.4, -0.2) is 23.3 Å². The van der Waals surface area contributed by atoms with Crippen LogP contribution >= 0.6 is 0 Å². The van der Waals surface area contributed by atoms with E-state index in [-0.39, 0.29) is 11.2 Å². The minimum absolute atomic E-state index is 0.0846. The van der Waals surface area contributed by atoms with Gasteiger partial charge in [-0.25, -0.2) is 0 Å². The summed E-state index contributed by atoms with van der Waals surface area (Å²) in [4.78, 5) is 23.9. The minimum Gasteiger partial charge on any atom is -0.503 e. The Hall–Kier alpha value is -3.06. The summed E-state index contributed by atoms with van der Waals surface area (Å²) in [6, 6.07) is 6.42. The van der Waals surface area contributed by atoms with Gasteiger partial charge in [-0.15, -0.1) is 0 Å². The average molecular weight is 356 g/mol. The molecule has 0 radical (unpaired) electrons. The molecule has 7 heteroatoms. The lowest BCUT2D eigenvalue weighted by Crippen LogP contribution is -2.24. The van der Waals surface area contributed by atoms with Crippen molar-refractivity contribution < 1.29 is 14.3 Å². The number of hydrogen-bond donors (Lipinski definition) is 2. The van der Waals surface area contributed by atoms with E-state index in [0.29, 0.717) is 47.6 Å². The Morgan fingerprint density at radius 2 is 2.08 bits per heavy atom. The van der Waals surface area contributed by atoms with Crippen LogP contribution in [-0.2, 0) is 13.1 Å². The first-order valence-corrected chi connectivity index (χ1v) is 8.19. The molecule has 0 aliphatic heterocycles. The Morgan fingerprint density at radius 1 is 1.27 bits per heavy atom. The maximum atomic E-state index is 12.5. The molecule has 2 N–H and O–H groups in total. The van der Waals surface area contributed by atoms with E-state index in [4.69, 9.17) is 9.15 Å². The van der Waals surface area contributed by atoms with E-state index in [1.165, 1.54) is 12.3 Å². The average Bonchev–Trinajstić information content (AvgIpc) is 2.66. The SMILES string of the molecule is COc1ccc2c(=O)c(CNCCn3ccc(=O)c(O)c3C)coc2c1. The highest BCUT2D eigenvalue weighted by molar-refractivity contribution is 5.78. The van der Waals surface area contributed by atoms with Gasteiger partial charge in [-0.1, -0.05) is 0 Å². The maximum absolute atomic E-state index is 12.5. The number of nitrogens with zero attached hydrogens (tertiary/aromatic N) is 1. The molecule has 0 aliphatic carbocycles. The number of aromatic hydroxyl groups is 1. The molecule has 1 aromatic carbocycles. The summed E-state index contributed by atoms with van der Waals surface area (Å²) in [5.41, 5.74) is 1.05. The lowest BCUT2D eigenvalue weighted by Gasteiger charge is -2.12. The van der Waals surface area contributed by atoms with Crippen LogP contribution in [0.15, 0.2) is 50.7 Å². The first kappa shape index (κ1) is 17.8. The Bertz CT molecular complexity index is 1050. The van der Waals surface area contributed by atoms with Gasteiger partial charge in [0.05, 0.1) is 24.5 Å². The Morgan fingerprint density at radius 3 is 2.85 bits per heavy atom. The maximum Gasteiger partial charge on any atom is 0.223 e. The Kier molecular flexibility index (Phi) is 5.09. The summed E-state index contributed by atoms with van der Waals surface area (Å²) < 4.78 is 12.4. The van der Waals surface area contributed by atoms with Crippen LogP contribution in [0.25, 0.3) is 11.0 Å². The zero-order valence-electron chi connectivity index (χ0n) is 14.6. The van der Waals surface area contributed by atoms with Crippen molar-refractivity contribution in [3.8, 4) is 11.5 Å². The van der Waals surface area contributed by atoms with Crippen molar-refractivity contribution in [1.29, 1.82) is 0 Å². The number of aromatic nitrogens is 1. The first-order valence-electron chi connectivity index (χ1n) is 8.19. The molecule has 2 heterocycles. The highest BCUT2D eigenvalue weighted by Crippen LogP contribution is 2.18. The monoisotopic (exact) mass is 356 g/mol. The summed E-state index contributed by atoms with van der Waals surface area (Å²) in [6.45, 7) is 3.15. The molecule has 7 nitrogen and oxygen atoms in total. The highest BCUT2D eigenvalue weighted by atomic mass is 16.5. The minimum atomic E-state index is -0.392. The van der Waals surface area contributed by atoms with Crippen LogP contribution < -0.4 is 20.9 Å². The van der Waals surface area contributed by atoms with E-state index in [0.717, 1.165) is 0 Å². The van der Waals surface area contributed by atoms with Crippen LogP contribution in [0.4, 0.5) is 0 Å². The summed E-state index contributed by atoms with van der Waals surface area (Å²) in [7, 11) is 1.56. The second kappa shape index (κ2) is 7.45. The second-order valence-electron chi connectivity index (χ2n) is 5.94. The van der Waals surface area contributed by atoms with Gasteiger partial charge in [0.15, 0.2) is 11.2 Å². The molecular formula is C19H20N2O5. The molecule has 136 valence electrons. The molecule has 0 saturated carbocycles. The lowest BCUT2D eigenvalue weighted by atomic mass is 10.1. The van der Waals surface area contributed by atoms with Crippen LogP contribution in [0.1, 0.15) is 11.3 Å². The van der Waals surface area contributed by atoms with Gasteiger partial charge in [0.25, 0.3) is 0 Å². The normalized spacial score (nSPS) is 11.0. The molecule has 0 fully saturated rings. The summed E-state index contributed by atoms with van der Waals surface area (Å²) in [5, 5.41) is 13.4. The van der Waals surface area contributed by atoms with Crippen LogP contribution in [0, 0.1) is 6.92 Å². The number of pyridine rings is 1. The highest BCUT2D eigenvalue weighted by Gasteiger charge is 2.08. The topological polar surface area (TPSA) is 93.7 Å². The standard InChI is InChI=1S/C19H20N2O5/c1-12-18(23)16(22)5-7-21(12)8-6-20-10-13-11-26-17-9-14(25-2)3-4-15(17)19(13)24/h3-5,7,9,11,20,23H,6,8,10H2,1-2H3. The fourth-order valence-corrected chi connectivity index (χ4v) is 2.73. The first-order chi connectivity index (χ1) is 12.5. The van der Waals surface area contributed by atoms with Crippen molar-refractivity contribution in [2.45, 2.75) is 20.0 Å². The van der Waals surface area contributed by atoms with E-state index in [1.54, 1.807) is 43.0 Å². The van der Waals surface area contributed by atoms with Gasteiger partial charge in [0, 0.05) is 43.5 Å². The molecule has 0 unspecified atom stereocenters. The van der Waals surface area contributed by atoms with Crippen molar-refractivity contribution in [2.75, 3.05) is 13.7 Å². The number of fused-ring (bicyclic) bond motifs is 1. The molecule has 2 aromatic heterocycles. The molecule has 26 heavy (non-hydrogen) atoms. The lowest BCUT2D eigenvalue weighted by molar-refractivity contribution is 0.414. The molecule has 3 rings (SSSR count). The molecule has 0 saturated heterocycles. The van der Waals surface area contributed by atoms with E-state index in [9.17, 15) is 14.7 Å². The van der Waals surface area contributed by atoms with E-state index >= 15 is 0 Å². The van der Waals surface area contributed by atoms with Gasteiger partial charge >= 0.3 is 0 Å². The van der Waals surface area contributed by atoms with Crippen molar-refractivity contribution in [3.63, 3.8) is 0 Å². The van der Waals surface area contributed by atoms with Gasteiger partial charge < -0.3 is 24.1 Å². The van der Waals surface area contributed by atoms with Crippen molar-refractivity contribution in [1.82, 2.24) is 9.88 Å². The van der Waals surface area contributed by atoms with Gasteiger partial charge in [0.1, 0.15) is 11.3 Å². The van der Waals surface area contributed by atoms with Crippen LogP contribution in [0.5, 0.6) is 11.5 Å². The van der Waals surface area contributed by atoms with Gasteiger partial charge in [-0.2, -0.15) is 0 Å². The van der Waals surface area contributed by atoms with E-state index < -0.39 is 5.43 Å². The molecule has 0 atom stereocenters. The Balaban J connectivity index is 1.67. The number of nitrogens with one attached hydrogen (secondary N) is 1. The third-order valence-corrected chi connectivity index (χ3v) is 4.31. The summed E-state index contributed by atoms with van der Waals surface area (Å²) in [6.07, 6.45) is 3.09. The molecule has 0 spiro atoms. The predicted molar refractivity (Wildman–Crippen MR) is 97.8 cm³/mol. The van der Waals surface area contributed by atoms with Crippen LogP contribution in [0.3, 0.4) is 0 Å². The van der Waals surface area contributed by atoms with Crippen molar-refractivity contribution >= 4 is 11.0 Å². The van der Waals surface area contributed by atoms with Gasteiger partial charge in [-0.3, -0.25) is 9.59 Å². The summed E-state index contributed by atoms with van der Waals surface area (Å²) >= 11 is 0. The number of benzene rings is 1. The Labute approximate surface area is 149 Å². The molecule has 0 aliphatic rings. The zero-order valence-corrected chi connectivity index (χ0v) is 14.6. The summed E-state index contributed by atoms with van der Waals surface area (Å²) in [5.74, 6) is 0.393. The van der Waals surface area contributed by atoms with Gasteiger partial charge in [-0.05, 0) is 19.1 Å². The number of hydrogen-bond acceptors (Lipinski definition) is 6. The molecule has 0 amide bonds. The number of methoxy groups -OCH3 is 1. The second-order valence-corrected chi connectivity index (χ2v) is 5.94. The molecule has 0 bridgehead atoms. The van der Waals surface area contributed by atoms with Crippen LogP contribution in [0.2, 0.25) is 0 Å². The molecule has 3 aromatic rings. The van der Waals surface area contributed by atoms with Crippen molar-refractivity contribution in [2.24, 2.45) is 0 Å². The fraction of sp³-hybridized carbons (Fsp3) is 0.263. The predicted octanol–water partition coefficient (Wildman–Crippen LogP) is 1.77. The fourth-order valence-electron chi connectivity index (χ4n) is 2.73. The van der Waals surface area contributed by atoms with Gasteiger partial charge in [0.2, 0.25) is 5.43 Å². The number of ether oxygens (including phenoxy) is 1.